The lowest BCUT2D eigenvalue weighted by Gasteiger charge is -2.31. The van der Waals surface area contributed by atoms with Crippen LogP contribution in [0, 0.1) is 0 Å². The molecular weight excluding hydrogens is 1940 g/mol. The number of hydrogen-bond donors (Lipinski definition) is 11. The minimum absolute atomic E-state index is 0. The Hall–Kier alpha value is 2.09. The van der Waals surface area contributed by atoms with Gasteiger partial charge in [0.15, 0.2) is 0 Å². The van der Waals surface area contributed by atoms with Gasteiger partial charge < -0.3 is 190 Å². The summed E-state index contributed by atoms with van der Waals surface area (Å²) < 4.78 is 154. The van der Waals surface area contributed by atoms with Gasteiger partial charge in [0.1, 0.15) is 0 Å². The maximum atomic E-state index is 12.2. The first-order valence-corrected chi connectivity index (χ1v) is 55.4. The quantitative estimate of drug-likeness (QED) is 0.0232. The van der Waals surface area contributed by atoms with Crippen molar-refractivity contribution < 1.29 is 206 Å². The Labute approximate surface area is 749 Å². The molecule has 0 bridgehead atoms. The number of hydrogen-bond acceptors (Lipinski definition) is 26. The highest BCUT2D eigenvalue weighted by Crippen LogP contribution is 2.50. The molecule has 0 spiro atoms. The molecule has 0 heterocycles. The summed E-state index contributed by atoms with van der Waals surface area (Å²) in [6, 6.07) is 0. The summed E-state index contributed by atoms with van der Waals surface area (Å²) in [4.78, 5) is 79.6. The largest absolute Gasteiger partial charge is 1.00 e. The van der Waals surface area contributed by atoms with Gasteiger partial charge in [0.05, 0.1) is 132 Å². The summed E-state index contributed by atoms with van der Waals surface area (Å²) in [5.41, 5.74) is 4.98. The Morgan fingerprint density at radius 3 is 0.672 bits per heavy atom. The second-order valence-electron chi connectivity index (χ2n) is 30.5. The van der Waals surface area contributed by atoms with E-state index in [0.717, 1.165) is 77.7 Å². The maximum Gasteiger partial charge on any atom is 0.353 e. The fourth-order valence-electron chi connectivity index (χ4n) is 10.6. The smallest absolute Gasteiger partial charge is 0.353 e. The van der Waals surface area contributed by atoms with E-state index < -0.39 is 68.4 Å². The van der Waals surface area contributed by atoms with Crippen LogP contribution in [-0.4, -0.2) is 389 Å². The zero-order chi connectivity index (χ0) is 90.0. The van der Waals surface area contributed by atoms with Crippen LogP contribution in [0.1, 0.15) is 142 Å². The fraction of sp³-hybridized carbons (Fsp3) is 0.971. The topological polar surface area (TPSA) is 519 Å². The van der Waals surface area contributed by atoms with E-state index >= 15 is 0 Å². The first-order chi connectivity index (χ1) is 53.1. The van der Waals surface area contributed by atoms with E-state index in [2.05, 4.69) is 62.7 Å². The van der Waals surface area contributed by atoms with Crippen LogP contribution in [0.15, 0.2) is 12.4 Å². The molecular formula is C69H170Br3N8O30P9. The zero-order valence-electron chi connectivity index (χ0n) is 75.8. The highest BCUT2D eigenvalue weighted by Gasteiger charge is 2.29. The van der Waals surface area contributed by atoms with E-state index in [1.54, 1.807) is 9.80 Å². The molecule has 50 heteroatoms. The third kappa shape index (κ3) is 100. The molecule has 119 heavy (non-hydrogen) atoms. The molecule has 0 atom stereocenters. The average molecular weight is 2110 g/mol. The summed E-state index contributed by atoms with van der Waals surface area (Å²) in [6.45, 7) is 15.4. The third-order valence-electron chi connectivity index (χ3n) is 18.0. The number of halogens is 3. The number of quaternary nitrogens is 3. The molecule has 0 aromatic carbocycles. The van der Waals surface area contributed by atoms with Crippen molar-refractivity contribution >= 4 is 68.4 Å². The lowest BCUT2D eigenvalue weighted by atomic mass is 10.0. The second-order valence-corrected chi connectivity index (χ2v) is 49.4. The van der Waals surface area contributed by atoms with E-state index in [4.69, 9.17) is 91.3 Å². The van der Waals surface area contributed by atoms with Crippen molar-refractivity contribution in [2.45, 2.75) is 142 Å². The first kappa shape index (κ1) is 142. The highest BCUT2D eigenvalue weighted by atomic mass is 79.9. The van der Waals surface area contributed by atoms with Crippen LogP contribution in [0.2, 0.25) is 0 Å². The second kappa shape index (κ2) is 80.9. The third-order valence-corrected chi connectivity index (χ3v) is 30.0. The van der Waals surface area contributed by atoms with Crippen molar-refractivity contribution in [3.63, 3.8) is 0 Å². The van der Waals surface area contributed by atoms with Crippen LogP contribution in [0.25, 0.3) is 0 Å². The van der Waals surface area contributed by atoms with Gasteiger partial charge in [0.2, 0.25) is 0 Å². The Morgan fingerprint density at radius 1 is 0.303 bits per heavy atom. The standard InChI is InChI=1S/C27H60N2O6P2.C14H35N2O6P2.C11H27NO7P2.C10H26N2O6P2.C4H9O3P.C3H9NO.3BrH.H2O/c1-4-5-6-7-8-9-10-11-12-13-14-15-16-17-18-19-24-29(2,3)25-20-21-28(22-26-36(30,31)32)23-27-37(33,34)35;1-16(2,3)12-8-9-15(10-13-23(17,19-4)20-5)11-14-24(18,21-6)22-7;1-16-20(14,17-2)10-7-12(6-5-9-13)8-11-21(15,18-3)19-4;1-12(2,3)8-4-5-11(6-9-19(13,14)15)7-10-20(16,17)18;1-4-8(5,6-2)7-3;4-2-1-3-5;;;;/h4-27H2,1-3H3,(H3-,30,31,32,33,34,35);8-14H2,1-7H3;13H,5-11H2,1-4H3;4-10H2,1-3H3,(H3-,13,14,15,16,17,18);4H,1H2,2-3H3;5H,1-4H2;3*1H;1H2/q;+1;;;;;;;;/p-1. The summed E-state index contributed by atoms with van der Waals surface area (Å²) in [5.74, 6) is 1.16. The molecule has 14 N–H and O–H groups in total. The molecule has 0 saturated carbocycles. The molecule has 0 amide bonds. The number of nitrogens with zero attached hydrogens (tertiary/aromatic N) is 7. The maximum absolute atomic E-state index is 12.2. The van der Waals surface area contributed by atoms with E-state index in [0.29, 0.717) is 58.8 Å². The van der Waals surface area contributed by atoms with Crippen LogP contribution in [0.5, 0.6) is 0 Å². The molecule has 0 aliphatic carbocycles. The van der Waals surface area contributed by atoms with Gasteiger partial charge in [-0.3, -0.25) is 41.1 Å². The highest BCUT2D eigenvalue weighted by molar-refractivity contribution is 7.57. The van der Waals surface area contributed by atoms with Gasteiger partial charge in [-0.05, 0) is 32.2 Å². The van der Waals surface area contributed by atoms with E-state index in [1.807, 2.05) is 26.0 Å². The van der Waals surface area contributed by atoms with Gasteiger partial charge in [-0.2, -0.15) is 0 Å². The van der Waals surface area contributed by atoms with Crippen molar-refractivity contribution in [3.05, 3.63) is 12.4 Å². The summed E-state index contributed by atoms with van der Waals surface area (Å²) >= 11 is 0. The lowest BCUT2D eigenvalue weighted by molar-refractivity contribution is -0.890. The molecule has 0 saturated heterocycles. The minimum Gasteiger partial charge on any atom is -1.00 e. The lowest BCUT2D eigenvalue weighted by Crippen LogP contribution is -3.00. The molecule has 0 fully saturated rings. The molecule has 0 aliphatic rings. The van der Waals surface area contributed by atoms with Crippen molar-refractivity contribution in [2.24, 2.45) is 5.73 Å². The summed E-state index contributed by atoms with van der Waals surface area (Å²) in [5, 5.41) is 16.9. The Bertz CT molecular complexity index is 2650. The van der Waals surface area contributed by atoms with Gasteiger partial charge >= 0.3 is 68.4 Å². The predicted octanol–water partition coefficient (Wildman–Crippen LogP) is 1.24. The van der Waals surface area contributed by atoms with E-state index in [1.165, 1.54) is 174 Å². The molecule has 0 aromatic rings. The van der Waals surface area contributed by atoms with Gasteiger partial charge in [0.25, 0.3) is 0 Å². The van der Waals surface area contributed by atoms with Gasteiger partial charge in [-0.15, -0.1) is 0 Å². The Kier molecular flexibility index (Phi) is 96.2. The van der Waals surface area contributed by atoms with Crippen molar-refractivity contribution in [1.29, 1.82) is 0 Å². The van der Waals surface area contributed by atoms with Crippen molar-refractivity contribution in [2.75, 3.05) is 301 Å². The number of nitrogens with two attached hydrogens (primary N) is 1. The predicted molar refractivity (Wildman–Crippen MR) is 468 cm³/mol. The molecule has 0 rings (SSSR count). The fourth-order valence-corrected chi connectivity index (χ4v) is 17.4. The van der Waals surface area contributed by atoms with Crippen LogP contribution in [-0.2, 0) is 86.3 Å². The molecule has 0 radical (unpaired) electrons. The first-order valence-electron chi connectivity index (χ1n) is 39.7. The molecule has 38 nitrogen and oxygen atoms in total. The molecule has 0 unspecified atom stereocenters. The van der Waals surface area contributed by atoms with Crippen LogP contribution in [0.4, 0.5) is 0 Å². The normalized spacial score (nSPS) is 12.6. The SMILES string of the molecule is C=CP(=O)(OC)OC.CCCCCCCCCCCCCCCCCC[N+](C)(C)CCCN(CCP(=O)(O)O)CCP(=O)(O)O.COP(=O)(CCN(CCCO)CCP(=O)(OC)OC)OC.COP(=O)(CCN(CCC[N+](C)(C)C)CCP(=O)(OC)OC)OC.C[N+](C)(C)CCCN(CCP(=O)(O)O)CCP(=O)(O)O.NCCCO.O.[Br-].[Br-].[Br-]. The van der Waals surface area contributed by atoms with Crippen LogP contribution in [0.3, 0.4) is 0 Å². The Balaban J connectivity index is -0.000000160. The molecule has 732 valence electrons. The van der Waals surface area contributed by atoms with Crippen LogP contribution >= 0.6 is 68.4 Å². The van der Waals surface area contributed by atoms with Gasteiger partial charge in [-0.1, -0.05) is 103 Å². The average Bonchev–Trinajstić information content (AvgIpc) is 0.879. The van der Waals surface area contributed by atoms with E-state index in [-0.39, 0.29) is 145 Å². The van der Waals surface area contributed by atoms with Crippen molar-refractivity contribution in [1.82, 2.24) is 19.6 Å². The number of aliphatic hydroxyl groups is 2. The minimum atomic E-state index is -4.13. The van der Waals surface area contributed by atoms with Gasteiger partial charge in [-0.25, -0.2) is 0 Å². The Morgan fingerprint density at radius 2 is 0.504 bits per heavy atom. The number of rotatable bonds is 69. The van der Waals surface area contributed by atoms with E-state index in [9.17, 15) is 41.1 Å². The number of unbranched alkanes of at least 4 members (excludes halogenated alkanes) is 15. The van der Waals surface area contributed by atoms with Gasteiger partial charge in [0, 0.05) is 188 Å². The number of aliphatic hydroxyl groups excluding tert-OH is 2. The molecule has 0 aromatic heterocycles. The zero-order valence-corrected chi connectivity index (χ0v) is 88.6. The monoisotopic (exact) mass is 2110 g/mol. The van der Waals surface area contributed by atoms with Crippen molar-refractivity contribution in [3.8, 4) is 0 Å². The summed E-state index contributed by atoms with van der Waals surface area (Å²) in [7, 11) is -1.14. The summed E-state index contributed by atoms with van der Waals surface area (Å²) in [6.07, 6.45) is 25.6. The van der Waals surface area contributed by atoms with Crippen LogP contribution < -0.4 is 56.7 Å². The molecule has 0 aliphatic heterocycles.